The van der Waals surface area contributed by atoms with Crippen LogP contribution in [0.25, 0.3) is 0 Å². The maximum atomic E-state index is 14.0. The fourth-order valence-corrected chi connectivity index (χ4v) is 7.92. The van der Waals surface area contributed by atoms with Crippen molar-refractivity contribution in [1.29, 1.82) is 0 Å². The highest BCUT2D eigenvalue weighted by Gasteiger charge is 2.49. The fourth-order valence-electron chi connectivity index (χ4n) is 6.54. The van der Waals surface area contributed by atoms with Gasteiger partial charge in [-0.25, -0.2) is 0 Å². The van der Waals surface area contributed by atoms with Gasteiger partial charge in [-0.3, -0.25) is 14.4 Å². The van der Waals surface area contributed by atoms with Gasteiger partial charge < -0.3 is 15.0 Å². The molecule has 0 bridgehead atoms. The van der Waals surface area contributed by atoms with Crippen molar-refractivity contribution >= 4 is 55.0 Å². The molecule has 6 nitrogen and oxygen atoms in total. The van der Waals surface area contributed by atoms with Crippen molar-refractivity contribution in [2.24, 2.45) is 10.8 Å². The van der Waals surface area contributed by atoms with Crippen LogP contribution in [0.1, 0.15) is 71.8 Å². The van der Waals surface area contributed by atoms with E-state index in [0.29, 0.717) is 52.0 Å². The molecule has 0 aromatic heterocycles. The van der Waals surface area contributed by atoms with Crippen molar-refractivity contribution in [1.82, 2.24) is 4.90 Å². The van der Waals surface area contributed by atoms with Crippen LogP contribution in [-0.4, -0.2) is 35.5 Å². The molecule has 0 radical (unpaired) electrons. The van der Waals surface area contributed by atoms with Crippen molar-refractivity contribution in [3.05, 3.63) is 79.5 Å². The first-order valence-corrected chi connectivity index (χ1v) is 15.7. The molecule has 0 saturated carbocycles. The molecule has 5 rings (SSSR count). The third-order valence-electron chi connectivity index (χ3n) is 8.09. The zero-order valence-electron chi connectivity index (χ0n) is 24.2. The quantitative estimate of drug-likeness (QED) is 0.335. The van der Waals surface area contributed by atoms with Gasteiger partial charge in [0.25, 0.3) is 5.91 Å². The van der Waals surface area contributed by atoms with E-state index >= 15 is 0 Å². The van der Waals surface area contributed by atoms with Crippen LogP contribution in [-0.2, 0) is 14.4 Å². The highest BCUT2D eigenvalue weighted by molar-refractivity contribution is 9.11. The maximum Gasteiger partial charge on any atom is 0.262 e. The second kappa shape index (κ2) is 11.2. The lowest BCUT2D eigenvalue weighted by molar-refractivity contribution is -0.120. The third kappa shape index (κ3) is 5.96. The minimum Gasteiger partial charge on any atom is -0.482 e. The molecule has 2 aromatic rings. The van der Waals surface area contributed by atoms with Crippen molar-refractivity contribution in [2.45, 2.75) is 66.2 Å². The van der Waals surface area contributed by atoms with E-state index in [0.717, 1.165) is 28.7 Å². The van der Waals surface area contributed by atoms with E-state index in [-0.39, 0.29) is 34.9 Å². The topological polar surface area (TPSA) is 75.7 Å². The lowest BCUT2D eigenvalue weighted by Gasteiger charge is -2.49. The van der Waals surface area contributed by atoms with Crippen LogP contribution in [0, 0.1) is 10.8 Å². The Morgan fingerprint density at radius 2 is 1.49 bits per heavy atom. The summed E-state index contributed by atoms with van der Waals surface area (Å²) in [5, 5.41) is 2.86. The van der Waals surface area contributed by atoms with Crippen LogP contribution in [0.4, 0.5) is 5.69 Å². The summed E-state index contributed by atoms with van der Waals surface area (Å²) in [5.41, 5.74) is 4.38. The van der Waals surface area contributed by atoms with Gasteiger partial charge in [-0.2, -0.15) is 0 Å². The molecular formula is C33H36Br2N2O4. The summed E-state index contributed by atoms with van der Waals surface area (Å²) in [4.78, 5) is 43.1. The molecule has 216 valence electrons. The second-order valence-electron chi connectivity index (χ2n) is 12.8. The van der Waals surface area contributed by atoms with Crippen LogP contribution in [0.2, 0.25) is 0 Å². The van der Waals surface area contributed by atoms with E-state index < -0.39 is 5.92 Å². The number of nitrogens with one attached hydrogen (secondary N) is 1. The Balaban J connectivity index is 1.64. The molecule has 2 aliphatic carbocycles. The summed E-state index contributed by atoms with van der Waals surface area (Å²) in [7, 11) is 0. The average molecular weight is 684 g/mol. The summed E-state index contributed by atoms with van der Waals surface area (Å²) in [6.45, 7) is 11.1. The minimum atomic E-state index is -0.573. The Labute approximate surface area is 258 Å². The lowest BCUT2D eigenvalue weighted by Crippen LogP contribution is -2.44. The number of halogens is 2. The summed E-state index contributed by atoms with van der Waals surface area (Å²) in [6, 6.07) is 13.0. The summed E-state index contributed by atoms with van der Waals surface area (Å²) in [5.74, 6) is -0.291. The molecular weight excluding hydrogens is 648 g/mol. The largest absolute Gasteiger partial charge is 0.482 e. The predicted molar refractivity (Wildman–Crippen MR) is 168 cm³/mol. The van der Waals surface area contributed by atoms with Gasteiger partial charge in [0.1, 0.15) is 5.75 Å². The fraction of sp³-hybridized carbons (Fsp3) is 0.424. The van der Waals surface area contributed by atoms with Crippen LogP contribution < -0.4 is 10.1 Å². The molecule has 8 heteroatoms. The molecule has 1 N–H and O–H groups in total. The number of allylic oxidation sites excluding steroid dienone is 4. The first-order chi connectivity index (χ1) is 19.3. The number of anilines is 1. The molecule has 1 aliphatic heterocycles. The van der Waals surface area contributed by atoms with E-state index in [1.807, 2.05) is 42.5 Å². The number of rotatable bonds is 6. The smallest absolute Gasteiger partial charge is 0.262 e. The molecule has 1 heterocycles. The third-order valence-corrected chi connectivity index (χ3v) is 9.14. The summed E-state index contributed by atoms with van der Waals surface area (Å²) in [6.07, 6.45) is 2.31. The van der Waals surface area contributed by atoms with Crippen molar-refractivity contribution in [3.8, 4) is 5.75 Å². The number of Topliss-reactive ketones (excluding diaryl/α,β-unsaturated/α-hetero) is 2. The van der Waals surface area contributed by atoms with Crippen LogP contribution in [0.3, 0.4) is 0 Å². The van der Waals surface area contributed by atoms with E-state index in [4.69, 9.17) is 4.74 Å². The monoisotopic (exact) mass is 682 g/mol. The van der Waals surface area contributed by atoms with Crippen molar-refractivity contribution < 1.29 is 19.1 Å². The SMILES string of the molecule is CCN1C2=C(C(=O)CC(C)(C)C2)C(c2cc(Br)cc(Br)c2OCC(=O)Nc2ccccc2)C2=C1CC(C)(C)CC2=O. The standard InChI is InChI=1S/C33H36Br2N2O4/c1-6-37-23-14-32(2,3)16-25(38)29(23)28(30-24(37)15-33(4,5)17-26(30)39)21-12-19(34)13-22(35)31(21)41-18-27(40)36-20-10-8-7-9-11-20/h7-13,28H,6,14-18H2,1-5H3,(H,36,40). The maximum absolute atomic E-state index is 14.0. The molecule has 3 aliphatic rings. The average Bonchev–Trinajstić information content (AvgIpc) is 2.86. The van der Waals surface area contributed by atoms with Gasteiger partial charge in [0.05, 0.1) is 4.47 Å². The van der Waals surface area contributed by atoms with Gasteiger partial charge in [0, 0.05) is 63.6 Å². The van der Waals surface area contributed by atoms with Crippen molar-refractivity contribution in [2.75, 3.05) is 18.5 Å². The van der Waals surface area contributed by atoms with Gasteiger partial charge >= 0.3 is 0 Å². The Morgan fingerprint density at radius 3 is 2.02 bits per heavy atom. The number of ketones is 2. The molecule has 0 spiro atoms. The van der Waals surface area contributed by atoms with Crippen LogP contribution in [0.15, 0.2) is 74.0 Å². The predicted octanol–water partition coefficient (Wildman–Crippen LogP) is 7.93. The number of para-hydroxylation sites is 1. The first kappa shape index (κ1) is 29.8. The molecule has 0 saturated heterocycles. The van der Waals surface area contributed by atoms with Gasteiger partial charge in [-0.15, -0.1) is 0 Å². The zero-order chi connectivity index (χ0) is 29.7. The van der Waals surface area contributed by atoms with Crippen molar-refractivity contribution in [3.63, 3.8) is 0 Å². The van der Waals surface area contributed by atoms with E-state index in [2.05, 4.69) is 76.7 Å². The molecule has 0 unspecified atom stereocenters. The normalized spacial score (nSPS) is 20.1. The van der Waals surface area contributed by atoms with Gasteiger partial charge in [0.2, 0.25) is 0 Å². The number of carbonyl (C=O) groups excluding carboxylic acids is 3. The molecule has 41 heavy (non-hydrogen) atoms. The molecule has 0 fully saturated rings. The minimum absolute atomic E-state index is 0.0627. The molecule has 2 aromatic carbocycles. The number of hydrogen-bond acceptors (Lipinski definition) is 5. The Kier molecular flexibility index (Phi) is 8.11. The van der Waals surface area contributed by atoms with Crippen LogP contribution in [0.5, 0.6) is 5.75 Å². The van der Waals surface area contributed by atoms with Crippen LogP contribution >= 0.6 is 31.9 Å². The number of hydrogen-bond donors (Lipinski definition) is 1. The lowest BCUT2D eigenvalue weighted by atomic mass is 9.63. The highest BCUT2D eigenvalue weighted by atomic mass is 79.9. The number of amides is 1. The van der Waals surface area contributed by atoms with Gasteiger partial charge in [-0.1, -0.05) is 61.8 Å². The Bertz CT molecular complexity index is 1440. The number of carbonyl (C=O) groups is 3. The number of nitrogens with zero attached hydrogens (tertiary/aromatic N) is 1. The molecule has 1 amide bonds. The van der Waals surface area contributed by atoms with E-state index in [1.165, 1.54) is 0 Å². The molecule has 0 atom stereocenters. The zero-order valence-corrected chi connectivity index (χ0v) is 27.4. The van der Waals surface area contributed by atoms with E-state index in [1.54, 1.807) is 0 Å². The summed E-state index contributed by atoms with van der Waals surface area (Å²) >= 11 is 7.28. The van der Waals surface area contributed by atoms with Gasteiger partial charge in [-0.05, 0) is 70.8 Å². The van der Waals surface area contributed by atoms with Gasteiger partial charge in [0.15, 0.2) is 18.2 Å². The second-order valence-corrected chi connectivity index (χ2v) is 14.6. The van der Waals surface area contributed by atoms with E-state index in [9.17, 15) is 14.4 Å². The Hall–Kier alpha value is -2.71. The number of ether oxygens (including phenoxy) is 1. The highest BCUT2D eigenvalue weighted by Crippen LogP contribution is 2.56. The Morgan fingerprint density at radius 1 is 0.927 bits per heavy atom. The number of benzene rings is 2. The first-order valence-electron chi connectivity index (χ1n) is 14.1. The summed E-state index contributed by atoms with van der Waals surface area (Å²) < 4.78 is 7.64.